The maximum atomic E-state index is 4.42. The predicted octanol–water partition coefficient (Wildman–Crippen LogP) is 3.49. The Bertz CT molecular complexity index is 749. The number of rotatable bonds is 2. The zero-order valence-corrected chi connectivity index (χ0v) is 12.0. The molecule has 1 aliphatic heterocycles. The van der Waals surface area contributed by atoms with Crippen LogP contribution in [0.5, 0.6) is 0 Å². The van der Waals surface area contributed by atoms with Crippen LogP contribution in [-0.4, -0.2) is 22.6 Å². The zero-order chi connectivity index (χ0) is 14.1. The minimum absolute atomic E-state index is 0.604. The van der Waals surface area contributed by atoms with Crippen molar-refractivity contribution in [1.29, 1.82) is 0 Å². The van der Waals surface area contributed by atoms with Gasteiger partial charge in [0.2, 0.25) is 0 Å². The van der Waals surface area contributed by atoms with E-state index < -0.39 is 0 Å². The highest BCUT2D eigenvalue weighted by molar-refractivity contribution is 5.90. The van der Waals surface area contributed by atoms with E-state index in [1.54, 1.807) is 0 Å². The van der Waals surface area contributed by atoms with Crippen LogP contribution in [0.4, 0.5) is 0 Å². The van der Waals surface area contributed by atoms with Crippen molar-refractivity contribution in [2.75, 3.05) is 13.1 Å². The largest absolute Gasteiger partial charge is 0.317 e. The van der Waals surface area contributed by atoms with E-state index in [-0.39, 0.29) is 0 Å². The second-order valence-electron chi connectivity index (χ2n) is 5.71. The van der Waals surface area contributed by atoms with Crippen molar-refractivity contribution >= 4 is 10.8 Å². The Morgan fingerprint density at radius 1 is 1.00 bits per heavy atom. The van der Waals surface area contributed by atoms with Gasteiger partial charge in [0.25, 0.3) is 0 Å². The van der Waals surface area contributed by atoms with Crippen LogP contribution in [0.25, 0.3) is 16.5 Å². The molecule has 0 amide bonds. The lowest BCUT2D eigenvalue weighted by Crippen LogP contribution is -2.27. The minimum Gasteiger partial charge on any atom is -0.317 e. The van der Waals surface area contributed by atoms with Crippen LogP contribution in [0.1, 0.15) is 24.5 Å². The molecule has 1 aromatic heterocycles. The maximum Gasteiger partial charge on any atom is 0.0994 e. The van der Waals surface area contributed by atoms with E-state index >= 15 is 0 Å². The van der Waals surface area contributed by atoms with E-state index in [0.29, 0.717) is 5.92 Å². The van der Waals surface area contributed by atoms with Crippen molar-refractivity contribution in [2.45, 2.75) is 18.8 Å². The van der Waals surface area contributed by atoms with Gasteiger partial charge < -0.3 is 9.88 Å². The van der Waals surface area contributed by atoms with Gasteiger partial charge >= 0.3 is 0 Å². The second kappa shape index (κ2) is 5.34. The Balaban J connectivity index is 1.84. The summed E-state index contributed by atoms with van der Waals surface area (Å²) in [5, 5.41) is 6.00. The van der Waals surface area contributed by atoms with Gasteiger partial charge in [-0.1, -0.05) is 36.4 Å². The smallest absolute Gasteiger partial charge is 0.0994 e. The molecule has 0 spiro atoms. The number of benzene rings is 2. The van der Waals surface area contributed by atoms with Crippen molar-refractivity contribution < 1.29 is 0 Å². The minimum atomic E-state index is 0.604. The Morgan fingerprint density at radius 2 is 1.81 bits per heavy atom. The molecule has 0 unspecified atom stereocenters. The molecule has 0 atom stereocenters. The Kier molecular flexibility index (Phi) is 3.20. The Hall–Kier alpha value is -2.13. The summed E-state index contributed by atoms with van der Waals surface area (Å²) in [5.41, 5.74) is 2.58. The summed E-state index contributed by atoms with van der Waals surface area (Å²) in [6.45, 7) is 2.21. The number of hydrogen-bond donors (Lipinski definition) is 1. The molecule has 1 saturated heterocycles. The van der Waals surface area contributed by atoms with Crippen LogP contribution in [0, 0.1) is 0 Å². The number of aromatic nitrogens is 2. The van der Waals surface area contributed by atoms with Gasteiger partial charge in [-0.15, -0.1) is 0 Å². The summed E-state index contributed by atoms with van der Waals surface area (Å²) in [4.78, 5) is 4.42. The lowest BCUT2D eigenvalue weighted by molar-refractivity contribution is 0.449. The Morgan fingerprint density at radius 3 is 2.71 bits per heavy atom. The Labute approximate surface area is 124 Å². The molecule has 0 radical (unpaired) electrons. The fourth-order valence-electron chi connectivity index (χ4n) is 3.34. The van der Waals surface area contributed by atoms with Gasteiger partial charge in [-0.3, -0.25) is 0 Å². The number of fused-ring (bicyclic) bond motifs is 1. The fraction of sp³-hybridized carbons (Fsp3) is 0.278. The number of nitrogens with one attached hydrogen (secondary N) is 1. The summed E-state index contributed by atoms with van der Waals surface area (Å²) < 4.78 is 2.28. The van der Waals surface area contributed by atoms with Gasteiger partial charge in [0.05, 0.1) is 12.0 Å². The van der Waals surface area contributed by atoms with Crippen LogP contribution in [-0.2, 0) is 0 Å². The van der Waals surface area contributed by atoms with Crippen molar-refractivity contribution in [3.8, 4) is 5.69 Å². The van der Waals surface area contributed by atoms with E-state index in [1.165, 1.54) is 35.0 Å². The normalized spacial score (nSPS) is 16.4. The highest BCUT2D eigenvalue weighted by Crippen LogP contribution is 2.29. The summed E-state index contributed by atoms with van der Waals surface area (Å²) in [6, 6.07) is 15.0. The number of imidazole rings is 1. The van der Waals surface area contributed by atoms with Gasteiger partial charge in [0, 0.05) is 23.2 Å². The third-order valence-electron chi connectivity index (χ3n) is 4.45. The van der Waals surface area contributed by atoms with Gasteiger partial charge in [-0.25, -0.2) is 4.98 Å². The molecule has 1 aliphatic rings. The fourth-order valence-corrected chi connectivity index (χ4v) is 3.34. The molecule has 3 aromatic rings. The van der Waals surface area contributed by atoms with Gasteiger partial charge in [-0.2, -0.15) is 0 Å². The van der Waals surface area contributed by atoms with Crippen LogP contribution >= 0.6 is 0 Å². The molecule has 21 heavy (non-hydrogen) atoms. The first-order valence-electron chi connectivity index (χ1n) is 7.64. The monoisotopic (exact) mass is 277 g/mol. The van der Waals surface area contributed by atoms with Gasteiger partial charge in [0.1, 0.15) is 0 Å². The van der Waals surface area contributed by atoms with Gasteiger partial charge in [0.15, 0.2) is 0 Å². The molecular weight excluding hydrogens is 258 g/mol. The molecule has 3 nitrogen and oxygen atoms in total. The lowest BCUT2D eigenvalue weighted by Gasteiger charge is -2.24. The number of nitrogens with zero attached hydrogens (tertiary/aromatic N) is 2. The third kappa shape index (κ3) is 2.24. The first-order valence-corrected chi connectivity index (χ1v) is 7.64. The van der Waals surface area contributed by atoms with Crippen molar-refractivity contribution in [2.24, 2.45) is 0 Å². The van der Waals surface area contributed by atoms with E-state index in [9.17, 15) is 0 Å². The van der Waals surface area contributed by atoms with Crippen LogP contribution in [0.3, 0.4) is 0 Å². The van der Waals surface area contributed by atoms with Crippen LogP contribution in [0.2, 0.25) is 0 Å². The average Bonchev–Trinajstić information content (AvgIpc) is 3.04. The van der Waals surface area contributed by atoms with E-state index in [2.05, 4.69) is 57.3 Å². The summed E-state index contributed by atoms with van der Waals surface area (Å²) >= 11 is 0. The molecule has 0 aliphatic carbocycles. The summed E-state index contributed by atoms with van der Waals surface area (Å²) in [5.74, 6) is 0.604. The molecule has 0 bridgehead atoms. The molecular formula is C18H19N3. The molecule has 1 fully saturated rings. The van der Waals surface area contributed by atoms with E-state index in [1.807, 2.05) is 12.5 Å². The average molecular weight is 277 g/mol. The van der Waals surface area contributed by atoms with E-state index in [4.69, 9.17) is 0 Å². The predicted molar refractivity (Wildman–Crippen MR) is 85.9 cm³/mol. The standard InChI is InChI=1S/C18H19N3/c1-2-6-16-14(4-1)5-3-7-17(16)21-13-20-12-18(21)15-8-10-19-11-9-15/h1-7,12-13,15,19H,8-11H2. The van der Waals surface area contributed by atoms with Crippen LogP contribution in [0.15, 0.2) is 55.0 Å². The van der Waals surface area contributed by atoms with Crippen LogP contribution < -0.4 is 5.32 Å². The quantitative estimate of drug-likeness (QED) is 0.777. The zero-order valence-electron chi connectivity index (χ0n) is 12.0. The van der Waals surface area contributed by atoms with Crippen molar-refractivity contribution in [3.05, 3.63) is 60.7 Å². The molecule has 1 N–H and O–H groups in total. The SMILES string of the molecule is c1ccc2c(-n3cncc3C3CCNCC3)cccc2c1. The van der Waals surface area contributed by atoms with Crippen molar-refractivity contribution in [1.82, 2.24) is 14.9 Å². The third-order valence-corrected chi connectivity index (χ3v) is 4.45. The number of hydrogen-bond acceptors (Lipinski definition) is 2. The summed E-state index contributed by atoms with van der Waals surface area (Å²) in [7, 11) is 0. The highest BCUT2D eigenvalue weighted by atomic mass is 15.1. The summed E-state index contributed by atoms with van der Waals surface area (Å²) in [6.07, 6.45) is 6.38. The molecule has 106 valence electrons. The molecule has 0 saturated carbocycles. The van der Waals surface area contributed by atoms with Gasteiger partial charge in [-0.05, 0) is 37.4 Å². The maximum absolute atomic E-state index is 4.42. The van der Waals surface area contributed by atoms with Crippen molar-refractivity contribution in [3.63, 3.8) is 0 Å². The molecule has 3 heteroatoms. The molecule has 2 aromatic carbocycles. The first kappa shape index (κ1) is 12.6. The number of piperidine rings is 1. The molecule has 4 rings (SSSR count). The molecule has 2 heterocycles. The highest BCUT2D eigenvalue weighted by Gasteiger charge is 2.19. The first-order chi connectivity index (χ1) is 10.4. The lowest BCUT2D eigenvalue weighted by atomic mass is 9.94. The second-order valence-corrected chi connectivity index (χ2v) is 5.71. The van der Waals surface area contributed by atoms with E-state index in [0.717, 1.165) is 13.1 Å². The topological polar surface area (TPSA) is 29.9 Å².